The fourth-order valence-electron chi connectivity index (χ4n) is 5.64. The van der Waals surface area contributed by atoms with E-state index < -0.39 is 0 Å². The Labute approximate surface area is 229 Å². The van der Waals surface area contributed by atoms with Crippen molar-refractivity contribution in [2.75, 3.05) is 6.54 Å². The van der Waals surface area contributed by atoms with Crippen molar-refractivity contribution in [3.05, 3.63) is 71.2 Å². The Morgan fingerprint density at radius 3 is 2.82 bits per heavy atom. The minimum atomic E-state index is -0.350. The third-order valence-electron chi connectivity index (χ3n) is 7.63. The number of rotatable bonds is 7. The van der Waals surface area contributed by atoms with Gasteiger partial charge in [-0.15, -0.1) is 11.3 Å². The lowest BCUT2D eigenvalue weighted by Crippen LogP contribution is -2.20. The smallest absolute Gasteiger partial charge is 0.178 e. The number of aryl methyl sites for hydroxylation is 1. The topological polar surface area (TPSA) is 95.2 Å². The lowest BCUT2D eigenvalue weighted by molar-refractivity contribution is 0.489. The van der Waals surface area contributed by atoms with Gasteiger partial charge in [-0.05, 0) is 74.2 Å². The van der Waals surface area contributed by atoms with Crippen LogP contribution in [-0.2, 0) is 6.54 Å². The summed E-state index contributed by atoms with van der Waals surface area (Å²) < 4.78 is 16.2. The molecule has 5 aromatic heterocycles. The number of aromatic amines is 2. The molecule has 7 nitrogen and oxygen atoms in total. The largest absolute Gasteiger partial charge is 0.335 e. The van der Waals surface area contributed by atoms with E-state index in [0.29, 0.717) is 33.6 Å². The van der Waals surface area contributed by atoms with Gasteiger partial charge in [0.2, 0.25) is 0 Å². The molecule has 3 N–H and O–H groups in total. The summed E-state index contributed by atoms with van der Waals surface area (Å²) in [6, 6.07) is 11.8. The first-order chi connectivity index (χ1) is 19.1. The summed E-state index contributed by atoms with van der Waals surface area (Å²) in [6.45, 7) is 3.82. The predicted molar refractivity (Wildman–Crippen MR) is 154 cm³/mol. The molecule has 1 aliphatic rings. The van der Waals surface area contributed by atoms with E-state index in [-0.39, 0.29) is 5.82 Å². The van der Waals surface area contributed by atoms with Gasteiger partial charge >= 0.3 is 0 Å². The average Bonchev–Trinajstić information content (AvgIpc) is 3.75. The summed E-state index contributed by atoms with van der Waals surface area (Å²) >= 11 is 1.71. The van der Waals surface area contributed by atoms with Crippen LogP contribution < -0.4 is 5.32 Å². The second-order valence-electron chi connectivity index (χ2n) is 10.3. The summed E-state index contributed by atoms with van der Waals surface area (Å²) in [5.74, 6) is 0.889. The Bertz CT molecular complexity index is 1790. The number of nitrogens with one attached hydrogen (secondary N) is 3. The van der Waals surface area contributed by atoms with Crippen molar-refractivity contribution in [2.45, 2.75) is 39.2 Å². The molecule has 1 fully saturated rings. The molecule has 7 rings (SSSR count). The van der Waals surface area contributed by atoms with E-state index in [1.54, 1.807) is 29.8 Å². The molecule has 0 unspecified atom stereocenters. The Kier molecular flexibility index (Phi) is 6.17. The summed E-state index contributed by atoms with van der Waals surface area (Å²) in [6.07, 6.45) is 10.6. The summed E-state index contributed by atoms with van der Waals surface area (Å²) in [7, 11) is 0. The minimum absolute atomic E-state index is 0.350. The number of fused-ring (bicyclic) bond motifs is 2. The molecule has 6 aromatic rings. The van der Waals surface area contributed by atoms with Gasteiger partial charge in [-0.3, -0.25) is 10.1 Å². The third kappa shape index (κ3) is 4.51. The van der Waals surface area contributed by atoms with Gasteiger partial charge in [0.25, 0.3) is 0 Å². The zero-order valence-corrected chi connectivity index (χ0v) is 22.4. The Hall–Kier alpha value is -3.95. The molecule has 39 heavy (non-hydrogen) atoms. The molecule has 9 heteroatoms. The van der Waals surface area contributed by atoms with Gasteiger partial charge in [-0.2, -0.15) is 5.10 Å². The fraction of sp³-hybridized carbons (Fsp3) is 0.267. The highest BCUT2D eigenvalue weighted by Gasteiger charge is 2.21. The average molecular weight is 538 g/mol. The van der Waals surface area contributed by atoms with Crippen molar-refractivity contribution in [2.24, 2.45) is 5.92 Å². The second-order valence-corrected chi connectivity index (χ2v) is 11.6. The van der Waals surface area contributed by atoms with E-state index in [4.69, 9.17) is 4.98 Å². The van der Waals surface area contributed by atoms with E-state index in [1.807, 2.05) is 24.4 Å². The molecule has 0 radical (unpaired) electrons. The van der Waals surface area contributed by atoms with Crippen LogP contribution in [0, 0.1) is 18.7 Å². The summed E-state index contributed by atoms with van der Waals surface area (Å²) in [5, 5.41) is 11.4. The van der Waals surface area contributed by atoms with Crippen molar-refractivity contribution in [3.63, 3.8) is 0 Å². The number of pyridine rings is 2. The maximum Gasteiger partial charge on any atom is 0.178 e. The highest BCUT2D eigenvalue weighted by atomic mass is 32.1. The molecule has 1 aromatic carbocycles. The fourth-order valence-corrected chi connectivity index (χ4v) is 6.54. The first-order valence-electron chi connectivity index (χ1n) is 13.4. The van der Waals surface area contributed by atoms with Gasteiger partial charge in [-0.25, -0.2) is 14.4 Å². The van der Waals surface area contributed by atoms with Gasteiger partial charge in [0.05, 0.1) is 16.4 Å². The number of halogens is 1. The Morgan fingerprint density at radius 2 is 1.97 bits per heavy atom. The van der Waals surface area contributed by atoms with Crippen molar-refractivity contribution >= 4 is 33.4 Å². The van der Waals surface area contributed by atoms with Gasteiger partial charge < -0.3 is 10.3 Å². The van der Waals surface area contributed by atoms with Crippen LogP contribution in [0.25, 0.3) is 55.2 Å². The number of benzene rings is 1. The monoisotopic (exact) mass is 537 g/mol. The number of thiophene rings is 1. The van der Waals surface area contributed by atoms with Crippen molar-refractivity contribution in [1.29, 1.82) is 0 Å². The van der Waals surface area contributed by atoms with Crippen molar-refractivity contribution in [3.8, 4) is 33.1 Å². The first-order valence-corrected chi connectivity index (χ1v) is 14.2. The van der Waals surface area contributed by atoms with E-state index in [9.17, 15) is 0 Å². The van der Waals surface area contributed by atoms with E-state index >= 15 is 4.39 Å². The number of H-pyrrole nitrogens is 2. The van der Waals surface area contributed by atoms with Crippen LogP contribution in [0.1, 0.15) is 36.1 Å². The molecule has 0 bridgehead atoms. The van der Waals surface area contributed by atoms with Crippen LogP contribution in [0.2, 0.25) is 0 Å². The van der Waals surface area contributed by atoms with Gasteiger partial charge in [-0.1, -0.05) is 12.8 Å². The number of hydrogen-bond acceptors (Lipinski definition) is 6. The highest BCUT2D eigenvalue weighted by molar-refractivity contribution is 7.15. The minimum Gasteiger partial charge on any atom is -0.335 e. The van der Waals surface area contributed by atoms with Crippen LogP contribution in [0.4, 0.5) is 4.39 Å². The van der Waals surface area contributed by atoms with Crippen LogP contribution in [-0.4, -0.2) is 36.7 Å². The van der Waals surface area contributed by atoms with E-state index in [0.717, 1.165) is 46.1 Å². The molecular weight excluding hydrogens is 509 g/mol. The van der Waals surface area contributed by atoms with Gasteiger partial charge in [0.1, 0.15) is 11.5 Å². The van der Waals surface area contributed by atoms with Crippen LogP contribution >= 0.6 is 11.3 Å². The molecular formula is C30H28FN7S. The van der Waals surface area contributed by atoms with E-state index in [1.165, 1.54) is 30.6 Å². The number of imidazole rings is 1. The Morgan fingerprint density at radius 1 is 1.08 bits per heavy atom. The lowest BCUT2D eigenvalue weighted by Gasteiger charge is -2.11. The first kappa shape index (κ1) is 24.1. The molecule has 0 aliphatic heterocycles. The zero-order chi connectivity index (χ0) is 26.3. The third-order valence-corrected chi connectivity index (χ3v) is 8.67. The van der Waals surface area contributed by atoms with Gasteiger partial charge in [0.15, 0.2) is 11.5 Å². The summed E-state index contributed by atoms with van der Waals surface area (Å²) in [5.41, 5.74) is 5.70. The quantitative estimate of drug-likeness (QED) is 0.203. The van der Waals surface area contributed by atoms with Crippen LogP contribution in [0.3, 0.4) is 0 Å². The maximum absolute atomic E-state index is 16.2. The molecule has 1 saturated carbocycles. The molecule has 0 atom stereocenters. The predicted octanol–water partition coefficient (Wildman–Crippen LogP) is 7.02. The highest BCUT2D eigenvalue weighted by Crippen LogP contribution is 2.36. The number of aromatic nitrogens is 6. The zero-order valence-electron chi connectivity index (χ0n) is 21.6. The molecule has 5 heterocycles. The van der Waals surface area contributed by atoms with Crippen LogP contribution in [0.5, 0.6) is 0 Å². The van der Waals surface area contributed by atoms with Crippen LogP contribution in [0.15, 0.2) is 55.0 Å². The SMILES string of the molecule is Cc1ccc(-c2ccnc3nc(-c4n[nH]c5ccc(-c6cncc(CNCC7CCCC7)c6)c(F)c45)[nH]c23)s1. The Balaban J connectivity index is 1.23. The molecule has 1 aliphatic carbocycles. The lowest BCUT2D eigenvalue weighted by atomic mass is 10.0. The van der Waals surface area contributed by atoms with E-state index in [2.05, 4.69) is 49.5 Å². The number of nitrogens with zero attached hydrogens (tertiary/aromatic N) is 4. The van der Waals surface area contributed by atoms with Gasteiger partial charge in [0, 0.05) is 51.6 Å². The second kappa shape index (κ2) is 9.98. The maximum atomic E-state index is 16.2. The molecule has 196 valence electrons. The van der Waals surface area contributed by atoms with Crippen molar-refractivity contribution < 1.29 is 4.39 Å². The molecule has 0 spiro atoms. The molecule has 0 amide bonds. The standard InChI is InChI=1S/C30H28FN7S/c1-17-6-9-24(39-17)22-10-11-34-29-27(22)35-30(36-29)28-25-23(37-38-28)8-7-21(26(25)31)20-12-19(15-33-16-20)14-32-13-18-4-2-3-5-18/h6-12,15-16,18,32H,2-5,13-14H2,1H3,(H,37,38)(H,34,35,36). The molecule has 0 saturated heterocycles. The summed E-state index contributed by atoms with van der Waals surface area (Å²) in [4.78, 5) is 19.3. The van der Waals surface area contributed by atoms with Crippen molar-refractivity contribution in [1.82, 2.24) is 35.5 Å². The normalized spacial score (nSPS) is 14.2. The number of hydrogen-bond donors (Lipinski definition) is 3.